The first-order valence-electron chi connectivity index (χ1n) is 9.77. The number of nitrogens with one attached hydrogen (secondary N) is 1. The predicted octanol–water partition coefficient (Wildman–Crippen LogP) is 3.84. The topological polar surface area (TPSA) is 89.5 Å². The summed E-state index contributed by atoms with van der Waals surface area (Å²) in [5, 5.41) is 6.62. The Hall–Kier alpha value is -3.07. The summed E-state index contributed by atoms with van der Waals surface area (Å²) in [5.41, 5.74) is 1.37. The molecule has 0 saturated carbocycles. The first kappa shape index (κ1) is 22.6. The van der Waals surface area contributed by atoms with Crippen LogP contribution in [0.3, 0.4) is 0 Å². The highest BCUT2D eigenvalue weighted by atomic mass is 79.9. The van der Waals surface area contributed by atoms with Gasteiger partial charge in [0.1, 0.15) is 23.0 Å². The van der Waals surface area contributed by atoms with E-state index in [9.17, 15) is 9.59 Å². The minimum atomic E-state index is -0.795. The van der Waals surface area contributed by atoms with E-state index in [0.717, 1.165) is 11.3 Å². The number of hydrogen-bond donors (Lipinski definition) is 1. The number of anilines is 1. The van der Waals surface area contributed by atoms with Gasteiger partial charge in [-0.2, -0.15) is 0 Å². The number of halogens is 1. The van der Waals surface area contributed by atoms with Crippen molar-refractivity contribution in [2.45, 2.75) is 32.1 Å². The van der Waals surface area contributed by atoms with Gasteiger partial charge >= 0.3 is 6.09 Å². The summed E-state index contributed by atoms with van der Waals surface area (Å²) in [6, 6.07) is 15.4. The second-order valence-electron chi connectivity index (χ2n) is 6.93. The molecule has 3 rings (SSSR count). The van der Waals surface area contributed by atoms with Gasteiger partial charge in [-0.25, -0.2) is 4.79 Å². The molecule has 0 saturated heterocycles. The van der Waals surface area contributed by atoms with Crippen molar-refractivity contribution in [3.05, 3.63) is 60.2 Å². The molecule has 0 fully saturated rings. The van der Waals surface area contributed by atoms with Gasteiger partial charge in [-0.3, -0.25) is 9.69 Å². The average molecular weight is 490 g/mol. The van der Waals surface area contributed by atoms with Crippen LogP contribution in [0.1, 0.15) is 18.9 Å². The van der Waals surface area contributed by atoms with Crippen molar-refractivity contribution in [1.29, 1.82) is 0 Å². The van der Waals surface area contributed by atoms with Crippen molar-refractivity contribution in [1.82, 2.24) is 5.32 Å². The molecular formula is C22H24BrN3O5. The molecule has 1 unspecified atom stereocenters. The minimum absolute atomic E-state index is 0.0712. The Morgan fingerprint density at radius 1 is 1.23 bits per heavy atom. The lowest BCUT2D eigenvalue weighted by atomic mass is 10.2. The summed E-state index contributed by atoms with van der Waals surface area (Å²) in [5.74, 6) is 0.395. The number of nitrogens with zero attached hydrogens (tertiary/aromatic N) is 2. The Morgan fingerprint density at radius 3 is 2.55 bits per heavy atom. The number of hydrogen-bond acceptors (Lipinski definition) is 6. The summed E-state index contributed by atoms with van der Waals surface area (Å²) < 4.78 is 11.3. The molecule has 2 atom stereocenters. The maximum atomic E-state index is 12.9. The fraction of sp³-hybridized carbons (Fsp3) is 0.318. The van der Waals surface area contributed by atoms with Gasteiger partial charge in [-0.1, -0.05) is 35.5 Å². The number of benzene rings is 2. The normalized spacial score (nSPS) is 16.0. The highest BCUT2D eigenvalue weighted by Gasteiger charge is 2.30. The minimum Gasteiger partial charge on any atom is -0.497 e. The van der Waals surface area contributed by atoms with Gasteiger partial charge in [-0.15, -0.1) is 0 Å². The molecule has 1 heterocycles. The van der Waals surface area contributed by atoms with Gasteiger partial charge < -0.3 is 19.6 Å². The van der Waals surface area contributed by atoms with E-state index in [-0.39, 0.29) is 25.2 Å². The zero-order chi connectivity index (χ0) is 22.2. The van der Waals surface area contributed by atoms with Crippen LogP contribution in [0.2, 0.25) is 0 Å². The summed E-state index contributed by atoms with van der Waals surface area (Å²) in [7, 11) is 1.59. The first-order chi connectivity index (χ1) is 15.0. The molecule has 0 aromatic heterocycles. The molecule has 164 valence electrons. The predicted molar refractivity (Wildman–Crippen MR) is 120 cm³/mol. The van der Waals surface area contributed by atoms with Crippen LogP contribution < -0.4 is 15.0 Å². The molecule has 2 aromatic carbocycles. The Bertz CT molecular complexity index is 921. The zero-order valence-electron chi connectivity index (χ0n) is 17.3. The summed E-state index contributed by atoms with van der Waals surface area (Å²) in [4.78, 5) is 32.2. The Balaban J connectivity index is 1.65. The van der Waals surface area contributed by atoms with Crippen LogP contribution in [0.25, 0.3) is 0 Å². The molecule has 31 heavy (non-hydrogen) atoms. The van der Waals surface area contributed by atoms with Gasteiger partial charge in [0.25, 0.3) is 0 Å². The monoisotopic (exact) mass is 489 g/mol. The van der Waals surface area contributed by atoms with E-state index in [1.165, 1.54) is 4.90 Å². The number of carbonyl (C=O) groups excluding carboxylic acids is 2. The molecule has 0 aliphatic carbocycles. The van der Waals surface area contributed by atoms with Crippen LogP contribution in [0, 0.1) is 0 Å². The van der Waals surface area contributed by atoms with Crippen molar-refractivity contribution >= 4 is 38.2 Å². The summed E-state index contributed by atoms with van der Waals surface area (Å²) >= 11 is 3.27. The molecule has 0 bridgehead atoms. The second-order valence-corrected chi connectivity index (χ2v) is 7.84. The van der Waals surface area contributed by atoms with Crippen molar-refractivity contribution in [3.8, 4) is 5.75 Å². The maximum absolute atomic E-state index is 12.9. The van der Waals surface area contributed by atoms with E-state index in [1.807, 2.05) is 18.2 Å². The van der Waals surface area contributed by atoms with E-state index in [2.05, 4.69) is 26.4 Å². The van der Waals surface area contributed by atoms with Crippen LogP contribution in [0.4, 0.5) is 10.5 Å². The number of amides is 2. The molecule has 1 aliphatic rings. The summed E-state index contributed by atoms with van der Waals surface area (Å²) in [6.07, 6.45) is -0.272. The number of ether oxygens (including phenoxy) is 2. The molecule has 8 nitrogen and oxygen atoms in total. The molecule has 1 aliphatic heterocycles. The lowest BCUT2D eigenvalue weighted by molar-refractivity contribution is -0.122. The van der Waals surface area contributed by atoms with Crippen molar-refractivity contribution in [3.63, 3.8) is 0 Å². The quantitative estimate of drug-likeness (QED) is 0.608. The number of rotatable bonds is 8. The maximum Gasteiger partial charge on any atom is 0.415 e. The third-order valence-corrected chi connectivity index (χ3v) is 5.19. The van der Waals surface area contributed by atoms with E-state index >= 15 is 0 Å². The zero-order valence-corrected chi connectivity index (χ0v) is 18.9. The molecule has 9 heteroatoms. The highest BCUT2D eigenvalue weighted by Crippen LogP contribution is 2.20. The van der Waals surface area contributed by atoms with Crippen molar-refractivity contribution in [2.75, 3.05) is 18.6 Å². The molecule has 2 amide bonds. The lowest BCUT2D eigenvalue weighted by Crippen LogP contribution is -2.49. The van der Waals surface area contributed by atoms with Crippen LogP contribution in [-0.4, -0.2) is 42.4 Å². The fourth-order valence-corrected chi connectivity index (χ4v) is 3.44. The fourth-order valence-electron chi connectivity index (χ4n) is 3.00. The van der Waals surface area contributed by atoms with Gasteiger partial charge in [-0.05, 0) is 52.7 Å². The van der Waals surface area contributed by atoms with E-state index in [4.69, 9.17) is 14.3 Å². The van der Waals surface area contributed by atoms with Crippen LogP contribution in [0.5, 0.6) is 5.75 Å². The Kier molecular flexibility index (Phi) is 7.88. The van der Waals surface area contributed by atoms with Crippen LogP contribution >= 0.6 is 15.9 Å². The van der Waals surface area contributed by atoms with Gasteiger partial charge in [0.2, 0.25) is 5.91 Å². The lowest BCUT2D eigenvalue weighted by Gasteiger charge is -2.28. The molecule has 1 N–H and O–H groups in total. The van der Waals surface area contributed by atoms with Gasteiger partial charge in [0.15, 0.2) is 6.10 Å². The molecule has 0 spiro atoms. The van der Waals surface area contributed by atoms with Crippen LogP contribution in [0.15, 0.2) is 59.8 Å². The van der Waals surface area contributed by atoms with Crippen molar-refractivity contribution < 1.29 is 23.9 Å². The van der Waals surface area contributed by atoms with Crippen LogP contribution in [-0.2, 0) is 21.0 Å². The third-order valence-electron chi connectivity index (χ3n) is 4.72. The number of carbonyl (C=O) groups is 2. The molecular weight excluding hydrogens is 466 g/mol. The van der Waals surface area contributed by atoms with Gasteiger partial charge in [0, 0.05) is 12.1 Å². The number of oxime groups is 1. The van der Waals surface area contributed by atoms with E-state index in [0.29, 0.717) is 16.7 Å². The number of methoxy groups -OCH3 is 1. The summed E-state index contributed by atoms with van der Waals surface area (Å²) in [6.45, 7) is 2.01. The average Bonchev–Trinajstić information content (AvgIpc) is 3.22. The SMILES string of the molecule is COc1ccc(COC(=O)N(c2ccccc2)[C@@H](C)C(=O)NCC2CC(Br)=NO2)cc1. The highest BCUT2D eigenvalue weighted by molar-refractivity contribution is 9.18. The smallest absolute Gasteiger partial charge is 0.415 e. The standard InChI is InChI=1S/C22H24BrN3O5/c1-15(21(27)24-13-19-12-20(23)25-31-19)26(17-6-4-3-5-7-17)22(28)30-14-16-8-10-18(29-2)11-9-16/h3-11,15,19H,12-14H2,1-2H3,(H,24,27)/t15-,19?/m0/s1. The van der Waals surface area contributed by atoms with E-state index < -0.39 is 12.1 Å². The first-order valence-corrected chi connectivity index (χ1v) is 10.6. The van der Waals surface area contributed by atoms with E-state index in [1.54, 1.807) is 50.4 Å². The second kappa shape index (κ2) is 10.8. The largest absolute Gasteiger partial charge is 0.497 e. The number of para-hydroxylation sites is 1. The van der Waals surface area contributed by atoms with Gasteiger partial charge in [0.05, 0.1) is 13.7 Å². The third kappa shape index (κ3) is 6.21. The molecule has 2 aromatic rings. The van der Waals surface area contributed by atoms with Crippen molar-refractivity contribution in [2.24, 2.45) is 5.16 Å². The Morgan fingerprint density at radius 2 is 1.94 bits per heavy atom. The molecule has 0 radical (unpaired) electrons. The Labute approximate surface area is 189 Å².